The van der Waals surface area contributed by atoms with Crippen molar-refractivity contribution in [2.45, 2.75) is 44.6 Å². The van der Waals surface area contributed by atoms with Crippen molar-refractivity contribution in [3.63, 3.8) is 0 Å². The van der Waals surface area contributed by atoms with Crippen LogP contribution in [0.4, 0.5) is 0 Å². The molecule has 23 heavy (non-hydrogen) atoms. The number of benzene rings is 1. The molecule has 0 saturated heterocycles. The third-order valence-electron chi connectivity index (χ3n) is 4.38. The van der Waals surface area contributed by atoms with Gasteiger partial charge in [-0.3, -0.25) is 4.79 Å². The zero-order valence-electron chi connectivity index (χ0n) is 13.4. The maximum atomic E-state index is 12.1. The van der Waals surface area contributed by atoms with Crippen LogP contribution in [0.2, 0.25) is 0 Å². The van der Waals surface area contributed by atoms with Crippen molar-refractivity contribution in [2.24, 2.45) is 0 Å². The van der Waals surface area contributed by atoms with Crippen LogP contribution in [0.15, 0.2) is 34.9 Å². The summed E-state index contributed by atoms with van der Waals surface area (Å²) in [6.45, 7) is 0.352. The van der Waals surface area contributed by atoms with Gasteiger partial charge in [0, 0.05) is 17.5 Å². The van der Waals surface area contributed by atoms with E-state index in [0.29, 0.717) is 23.8 Å². The minimum Gasteiger partial charge on any atom is -0.497 e. The molecule has 1 heterocycles. The molecule has 1 saturated carbocycles. The number of methoxy groups -OCH3 is 1. The molecule has 1 aromatic heterocycles. The summed E-state index contributed by atoms with van der Waals surface area (Å²) in [4.78, 5) is 12.1. The van der Waals surface area contributed by atoms with E-state index in [0.717, 1.165) is 11.4 Å². The number of nitrogens with zero attached hydrogens (tertiary/aromatic N) is 1. The molecular formula is C18H22N2O3. The molecule has 0 unspecified atom stereocenters. The van der Waals surface area contributed by atoms with E-state index in [1.807, 2.05) is 6.07 Å². The molecule has 122 valence electrons. The lowest BCUT2D eigenvalue weighted by molar-refractivity contribution is 0.0947. The van der Waals surface area contributed by atoms with Crippen LogP contribution in [0.1, 0.15) is 59.8 Å². The topological polar surface area (TPSA) is 64.4 Å². The van der Waals surface area contributed by atoms with E-state index in [1.54, 1.807) is 31.4 Å². The highest BCUT2D eigenvalue weighted by Gasteiger charge is 2.19. The van der Waals surface area contributed by atoms with Crippen LogP contribution in [0, 0.1) is 0 Å². The number of nitrogens with one attached hydrogen (secondary N) is 1. The van der Waals surface area contributed by atoms with Crippen molar-refractivity contribution in [2.75, 3.05) is 7.11 Å². The second kappa shape index (κ2) is 7.31. The smallest absolute Gasteiger partial charge is 0.251 e. The first-order chi connectivity index (χ1) is 11.3. The highest BCUT2D eigenvalue weighted by Crippen LogP contribution is 2.32. The Morgan fingerprint density at radius 1 is 1.26 bits per heavy atom. The summed E-state index contributed by atoms with van der Waals surface area (Å²) in [7, 11) is 1.60. The first kappa shape index (κ1) is 15.6. The number of hydrogen-bond donors (Lipinski definition) is 1. The average Bonchev–Trinajstić information content (AvgIpc) is 3.09. The van der Waals surface area contributed by atoms with Gasteiger partial charge in [-0.15, -0.1) is 0 Å². The highest BCUT2D eigenvalue weighted by molar-refractivity contribution is 5.94. The molecule has 1 aliphatic carbocycles. The summed E-state index contributed by atoms with van der Waals surface area (Å²) in [5.74, 6) is 1.81. The molecule has 1 aliphatic rings. The normalized spacial score (nSPS) is 15.3. The fourth-order valence-corrected chi connectivity index (χ4v) is 3.01. The van der Waals surface area contributed by atoms with Crippen LogP contribution in [0.25, 0.3) is 0 Å². The van der Waals surface area contributed by atoms with Gasteiger partial charge in [-0.05, 0) is 37.1 Å². The maximum absolute atomic E-state index is 12.1. The predicted molar refractivity (Wildman–Crippen MR) is 86.5 cm³/mol. The van der Waals surface area contributed by atoms with Crippen LogP contribution in [-0.4, -0.2) is 18.2 Å². The lowest BCUT2D eigenvalue weighted by Gasteiger charge is -2.18. The van der Waals surface area contributed by atoms with E-state index in [2.05, 4.69) is 10.5 Å². The average molecular weight is 314 g/mol. The number of ether oxygens (including phenoxy) is 1. The molecule has 1 N–H and O–H groups in total. The third-order valence-corrected chi connectivity index (χ3v) is 4.38. The highest BCUT2D eigenvalue weighted by atomic mass is 16.5. The van der Waals surface area contributed by atoms with Gasteiger partial charge in [-0.2, -0.15) is 0 Å². The van der Waals surface area contributed by atoms with E-state index in [-0.39, 0.29) is 5.91 Å². The number of carbonyl (C=O) groups is 1. The Morgan fingerprint density at radius 3 is 2.70 bits per heavy atom. The Balaban J connectivity index is 1.55. The molecule has 5 nitrogen and oxygen atoms in total. The van der Waals surface area contributed by atoms with Gasteiger partial charge in [0.15, 0.2) is 5.76 Å². The minimum absolute atomic E-state index is 0.136. The van der Waals surface area contributed by atoms with Crippen molar-refractivity contribution in [3.8, 4) is 5.75 Å². The molecule has 1 amide bonds. The van der Waals surface area contributed by atoms with Gasteiger partial charge in [0.05, 0.1) is 19.3 Å². The summed E-state index contributed by atoms with van der Waals surface area (Å²) in [5.41, 5.74) is 1.62. The number of rotatable bonds is 5. The summed E-state index contributed by atoms with van der Waals surface area (Å²) >= 11 is 0. The van der Waals surface area contributed by atoms with Crippen LogP contribution in [-0.2, 0) is 6.54 Å². The quantitative estimate of drug-likeness (QED) is 0.914. The SMILES string of the molecule is COc1ccc(C(=O)NCc2cc(C3CCCCC3)no2)cc1. The van der Waals surface area contributed by atoms with Crippen molar-refractivity contribution in [3.05, 3.63) is 47.3 Å². The van der Waals surface area contributed by atoms with Gasteiger partial charge in [-0.25, -0.2) is 0 Å². The number of amides is 1. The second-order valence-electron chi connectivity index (χ2n) is 5.96. The van der Waals surface area contributed by atoms with Gasteiger partial charge in [0.25, 0.3) is 5.91 Å². The van der Waals surface area contributed by atoms with Gasteiger partial charge >= 0.3 is 0 Å². The fourth-order valence-electron chi connectivity index (χ4n) is 3.01. The second-order valence-corrected chi connectivity index (χ2v) is 5.96. The summed E-state index contributed by atoms with van der Waals surface area (Å²) in [6, 6.07) is 8.99. The standard InChI is InChI=1S/C18H22N2O3/c1-22-15-9-7-14(8-10-15)18(21)19-12-16-11-17(20-23-16)13-5-3-2-4-6-13/h7-11,13H,2-6,12H2,1H3,(H,19,21). The molecule has 0 atom stereocenters. The zero-order valence-corrected chi connectivity index (χ0v) is 13.4. The third kappa shape index (κ3) is 3.92. The van der Waals surface area contributed by atoms with Crippen LogP contribution < -0.4 is 10.1 Å². The van der Waals surface area contributed by atoms with E-state index >= 15 is 0 Å². The van der Waals surface area contributed by atoms with Gasteiger partial charge in [-0.1, -0.05) is 24.4 Å². The Kier molecular flexibility index (Phi) is 4.95. The van der Waals surface area contributed by atoms with Crippen LogP contribution in [0.3, 0.4) is 0 Å². The maximum Gasteiger partial charge on any atom is 0.251 e. The molecule has 0 aliphatic heterocycles. The van der Waals surface area contributed by atoms with Crippen LogP contribution >= 0.6 is 0 Å². The largest absolute Gasteiger partial charge is 0.497 e. The molecule has 1 aromatic carbocycles. The predicted octanol–water partition coefficient (Wildman–Crippen LogP) is 3.66. The Labute approximate surface area is 136 Å². The van der Waals surface area contributed by atoms with E-state index < -0.39 is 0 Å². The molecule has 0 radical (unpaired) electrons. The van der Waals surface area contributed by atoms with Gasteiger partial charge < -0.3 is 14.6 Å². The first-order valence-corrected chi connectivity index (χ1v) is 8.14. The minimum atomic E-state index is -0.136. The molecule has 5 heteroatoms. The van der Waals surface area contributed by atoms with Crippen molar-refractivity contribution < 1.29 is 14.1 Å². The number of aromatic nitrogens is 1. The summed E-state index contributed by atoms with van der Waals surface area (Å²) < 4.78 is 10.4. The first-order valence-electron chi connectivity index (χ1n) is 8.14. The molecule has 0 spiro atoms. The Morgan fingerprint density at radius 2 is 2.00 bits per heavy atom. The molecule has 1 fully saturated rings. The van der Waals surface area contributed by atoms with Crippen molar-refractivity contribution >= 4 is 5.91 Å². The molecule has 0 bridgehead atoms. The zero-order chi connectivity index (χ0) is 16.1. The van der Waals surface area contributed by atoms with Crippen molar-refractivity contribution in [1.29, 1.82) is 0 Å². The Bertz CT molecular complexity index is 643. The van der Waals surface area contributed by atoms with Gasteiger partial charge in [0.2, 0.25) is 0 Å². The number of hydrogen-bond acceptors (Lipinski definition) is 4. The monoisotopic (exact) mass is 314 g/mol. The van der Waals surface area contributed by atoms with E-state index in [9.17, 15) is 4.79 Å². The Hall–Kier alpha value is -2.30. The van der Waals surface area contributed by atoms with E-state index in [4.69, 9.17) is 9.26 Å². The van der Waals surface area contributed by atoms with Crippen molar-refractivity contribution in [1.82, 2.24) is 10.5 Å². The van der Waals surface area contributed by atoms with Crippen LogP contribution in [0.5, 0.6) is 5.75 Å². The molecular weight excluding hydrogens is 292 g/mol. The fraction of sp³-hybridized carbons (Fsp3) is 0.444. The summed E-state index contributed by atoms with van der Waals surface area (Å²) in [6.07, 6.45) is 6.22. The lowest BCUT2D eigenvalue weighted by atomic mass is 9.87. The van der Waals surface area contributed by atoms with E-state index in [1.165, 1.54) is 32.1 Å². The van der Waals surface area contributed by atoms with Gasteiger partial charge in [0.1, 0.15) is 5.75 Å². The summed E-state index contributed by atoms with van der Waals surface area (Å²) in [5, 5.41) is 7.03. The lowest BCUT2D eigenvalue weighted by Crippen LogP contribution is -2.22. The molecule has 3 rings (SSSR count). The molecule has 2 aromatic rings. The number of carbonyl (C=O) groups excluding carboxylic acids is 1.